The molecule has 5 rings (SSSR count). The first-order valence-corrected chi connectivity index (χ1v) is 10.4. The van der Waals surface area contributed by atoms with Gasteiger partial charge in [-0.2, -0.15) is 0 Å². The Bertz CT molecular complexity index is 1320. The van der Waals surface area contributed by atoms with Crippen molar-refractivity contribution in [2.45, 2.75) is 0 Å². The molecular weight excluding hydrogens is 379 g/mol. The van der Waals surface area contributed by atoms with Crippen molar-refractivity contribution in [1.82, 2.24) is 0 Å². The summed E-state index contributed by atoms with van der Waals surface area (Å²) >= 11 is 0. The van der Waals surface area contributed by atoms with Gasteiger partial charge in [0.05, 0.1) is 0 Å². The lowest BCUT2D eigenvalue weighted by Crippen LogP contribution is -1.92. The Morgan fingerprint density at radius 1 is 0.323 bits per heavy atom. The Balaban J connectivity index is 1.76. The van der Waals surface area contributed by atoms with Gasteiger partial charge in [0, 0.05) is 0 Å². The Hall–Kier alpha value is -3.97. The molecule has 148 valence electrons. The predicted molar refractivity (Wildman–Crippen MR) is 128 cm³/mol. The Kier molecular flexibility index (Phi) is 5.16. The first kappa shape index (κ1) is 19.0. The van der Waals surface area contributed by atoms with Gasteiger partial charge in [0.2, 0.25) is 0 Å². The third-order valence-corrected chi connectivity index (χ3v) is 5.59. The van der Waals surface area contributed by atoms with Gasteiger partial charge < -0.3 is 0 Å². The molecule has 0 aliphatic heterocycles. The Morgan fingerprint density at radius 3 is 1.23 bits per heavy atom. The largest absolute Gasteiger partial charge is 0.207 e. The van der Waals surface area contributed by atoms with Crippen molar-refractivity contribution in [3.8, 4) is 44.5 Å². The quantitative estimate of drug-likeness (QED) is 0.284. The van der Waals surface area contributed by atoms with Crippen LogP contribution in [0.4, 0.5) is 4.39 Å². The summed E-state index contributed by atoms with van der Waals surface area (Å²) in [7, 11) is 0. The minimum atomic E-state index is -0.237. The van der Waals surface area contributed by atoms with Gasteiger partial charge in [-0.25, -0.2) is 4.39 Å². The molecule has 0 fully saturated rings. The molecule has 0 saturated heterocycles. The van der Waals surface area contributed by atoms with E-state index < -0.39 is 0 Å². The van der Waals surface area contributed by atoms with Gasteiger partial charge >= 0.3 is 0 Å². The van der Waals surface area contributed by atoms with Crippen LogP contribution in [0.1, 0.15) is 0 Å². The second-order valence-electron chi connectivity index (χ2n) is 7.51. The summed E-state index contributed by atoms with van der Waals surface area (Å²) in [5, 5.41) is 0. The fourth-order valence-electron chi connectivity index (χ4n) is 4.15. The van der Waals surface area contributed by atoms with Crippen LogP contribution in [-0.4, -0.2) is 0 Å². The highest BCUT2D eigenvalue weighted by Gasteiger charge is 2.16. The van der Waals surface area contributed by atoms with Crippen molar-refractivity contribution in [3.63, 3.8) is 0 Å². The van der Waals surface area contributed by atoms with Crippen LogP contribution < -0.4 is 0 Å². The lowest BCUT2D eigenvalue weighted by atomic mass is 9.86. The molecule has 0 N–H and O–H groups in total. The van der Waals surface area contributed by atoms with Crippen molar-refractivity contribution >= 4 is 0 Å². The fraction of sp³-hybridized carbons (Fsp3) is 0. The molecule has 31 heavy (non-hydrogen) atoms. The van der Waals surface area contributed by atoms with Gasteiger partial charge in [-0.1, -0.05) is 115 Å². The van der Waals surface area contributed by atoms with Gasteiger partial charge in [-0.3, -0.25) is 0 Å². The zero-order valence-electron chi connectivity index (χ0n) is 17.0. The molecular formula is C30H21F. The number of hydrogen-bond acceptors (Lipinski definition) is 0. The summed E-state index contributed by atoms with van der Waals surface area (Å²) < 4.78 is 14.5. The van der Waals surface area contributed by atoms with Crippen LogP contribution in [0.2, 0.25) is 0 Å². The van der Waals surface area contributed by atoms with E-state index in [0.29, 0.717) is 0 Å². The van der Waals surface area contributed by atoms with E-state index in [1.165, 1.54) is 0 Å². The van der Waals surface area contributed by atoms with E-state index in [2.05, 4.69) is 48.5 Å². The van der Waals surface area contributed by atoms with Crippen LogP contribution in [0.3, 0.4) is 0 Å². The van der Waals surface area contributed by atoms with Crippen LogP contribution in [0.25, 0.3) is 44.5 Å². The highest BCUT2D eigenvalue weighted by atomic mass is 19.1. The molecule has 0 atom stereocenters. The lowest BCUT2D eigenvalue weighted by molar-refractivity contribution is 0.628. The van der Waals surface area contributed by atoms with E-state index in [4.69, 9.17) is 0 Å². The fourth-order valence-corrected chi connectivity index (χ4v) is 4.15. The molecule has 0 aromatic heterocycles. The maximum Gasteiger partial charge on any atom is 0.123 e. The second-order valence-corrected chi connectivity index (χ2v) is 7.51. The van der Waals surface area contributed by atoms with Crippen molar-refractivity contribution in [1.29, 1.82) is 0 Å². The number of benzene rings is 5. The van der Waals surface area contributed by atoms with E-state index in [9.17, 15) is 4.39 Å². The van der Waals surface area contributed by atoms with Crippen LogP contribution >= 0.6 is 0 Å². The SMILES string of the molecule is Fc1ccc(-c2ccccc2-c2ccccc2)c(-c2ccccc2-c2ccccc2)c1. The standard InChI is InChI=1S/C30H21F/c31-24-19-20-29(27-17-9-7-15-25(27)22-11-3-1-4-12-22)30(21-24)28-18-10-8-16-26(28)23-13-5-2-6-14-23/h1-21H. The van der Waals surface area contributed by atoms with Crippen LogP contribution in [0, 0.1) is 5.82 Å². The van der Waals surface area contributed by atoms with E-state index >= 15 is 0 Å². The molecule has 0 heterocycles. The minimum absolute atomic E-state index is 0.237. The van der Waals surface area contributed by atoms with E-state index in [1.807, 2.05) is 66.7 Å². The molecule has 5 aromatic carbocycles. The monoisotopic (exact) mass is 400 g/mol. The number of rotatable bonds is 4. The average molecular weight is 400 g/mol. The maximum atomic E-state index is 14.5. The third kappa shape index (κ3) is 3.78. The zero-order chi connectivity index (χ0) is 21.0. The van der Waals surface area contributed by atoms with Crippen molar-refractivity contribution < 1.29 is 4.39 Å². The third-order valence-electron chi connectivity index (χ3n) is 5.59. The highest BCUT2D eigenvalue weighted by Crippen LogP contribution is 2.41. The first-order chi connectivity index (χ1) is 15.3. The summed E-state index contributed by atoms with van der Waals surface area (Å²) in [6, 6.07) is 42.2. The molecule has 1 heteroatoms. The second kappa shape index (κ2) is 8.41. The molecule has 0 radical (unpaired) electrons. The van der Waals surface area contributed by atoms with E-state index in [0.717, 1.165) is 44.5 Å². The minimum Gasteiger partial charge on any atom is -0.207 e. The van der Waals surface area contributed by atoms with Gasteiger partial charge in [0.25, 0.3) is 0 Å². The molecule has 0 spiro atoms. The van der Waals surface area contributed by atoms with Gasteiger partial charge in [-0.15, -0.1) is 0 Å². The molecule has 0 aliphatic carbocycles. The topological polar surface area (TPSA) is 0 Å². The van der Waals surface area contributed by atoms with E-state index in [-0.39, 0.29) is 5.82 Å². The number of halogens is 1. The molecule has 0 amide bonds. The summed E-state index contributed by atoms with van der Waals surface area (Å²) in [5.41, 5.74) is 8.50. The summed E-state index contributed by atoms with van der Waals surface area (Å²) in [6.07, 6.45) is 0. The zero-order valence-corrected chi connectivity index (χ0v) is 17.0. The molecule has 0 nitrogen and oxygen atoms in total. The summed E-state index contributed by atoms with van der Waals surface area (Å²) in [6.45, 7) is 0. The normalized spacial score (nSPS) is 10.7. The first-order valence-electron chi connectivity index (χ1n) is 10.4. The highest BCUT2D eigenvalue weighted by molar-refractivity contribution is 5.95. The van der Waals surface area contributed by atoms with Crippen LogP contribution in [0.15, 0.2) is 127 Å². The van der Waals surface area contributed by atoms with Gasteiger partial charge in [0.15, 0.2) is 0 Å². The van der Waals surface area contributed by atoms with Gasteiger partial charge in [0.1, 0.15) is 5.82 Å². The molecule has 0 unspecified atom stereocenters. The maximum absolute atomic E-state index is 14.5. The molecule has 0 aliphatic rings. The predicted octanol–water partition coefficient (Wildman–Crippen LogP) is 8.49. The average Bonchev–Trinajstić information content (AvgIpc) is 2.85. The van der Waals surface area contributed by atoms with Crippen molar-refractivity contribution in [3.05, 3.63) is 133 Å². The smallest absolute Gasteiger partial charge is 0.123 e. The van der Waals surface area contributed by atoms with Crippen molar-refractivity contribution in [2.75, 3.05) is 0 Å². The Morgan fingerprint density at radius 2 is 0.710 bits per heavy atom. The van der Waals surface area contributed by atoms with Crippen LogP contribution in [-0.2, 0) is 0 Å². The summed E-state index contributed by atoms with van der Waals surface area (Å²) in [4.78, 5) is 0. The lowest BCUT2D eigenvalue weighted by Gasteiger charge is -2.17. The van der Waals surface area contributed by atoms with Crippen molar-refractivity contribution in [2.24, 2.45) is 0 Å². The van der Waals surface area contributed by atoms with Gasteiger partial charge in [-0.05, 0) is 56.6 Å². The molecule has 5 aromatic rings. The summed E-state index contributed by atoms with van der Waals surface area (Å²) in [5.74, 6) is -0.237. The number of hydrogen-bond donors (Lipinski definition) is 0. The molecule has 0 saturated carbocycles. The van der Waals surface area contributed by atoms with Crippen LogP contribution in [0.5, 0.6) is 0 Å². The Labute approximate surface area is 182 Å². The van der Waals surface area contributed by atoms with E-state index in [1.54, 1.807) is 12.1 Å². The molecule has 0 bridgehead atoms.